The number of nitrogens with one attached hydrogen (secondary N) is 1. The minimum atomic E-state index is -0.620. The van der Waals surface area contributed by atoms with E-state index in [0.29, 0.717) is 25.0 Å². The first kappa shape index (κ1) is 24.4. The zero-order valence-electron chi connectivity index (χ0n) is 20.7. The van der Waals surface area contributed by atoms with Crippen molar-refractivity contribution in [1.29, 1.82) is 0 Å². The SMILES string of the molecule is CCCCC1(N2CCC3(CC2)CNCCN3C)CC(=O)CC(Cc2ccc(OC)cc2)C1=O. The maximum atomic E-state index is 14.1. The second-order valence-corrected chi connectivity index (χ2v) is 10.5. The van der Waals surface area contributed by atoms with Crippen molar-refractivity contribution in [3.8, 4) is 5.75 Å². The Morgan fingerprint density at radius 2 is 1.85 bits per heavy atom. The van der Waals surface area contributed by atoms with Gasteiger partial charge in [0.15, 0.2) is 5.78 Å². The number of carbonyl (C=O) groups is 2. The number of piperidine rings is 1. The van der Waals surface area contributed by atoms with Crippen LogP contribution in [0.5, 0.6) is 5.75 Å². The molecule has 0 aromatic heterocycles. The average Bonchev–Trinajstić information content (AvgIpc) is 2.83. The quantitative estimate of drug-likeness (QED) is 0.682. The zero-order valence-corrected chi connectivity index (χ0v) is 20.7. The van der Waals surface area contributed by atoms with Crippen LogP contribution in [0.1, 0.15) is 57.4 Å². The van der Waals surface area contributed by atoms with E-state index in [1.165, 1.54) is 0 Å². The lowest BCUT2D eigenvalue weighted by Crippen LogP contribution is -2.68. The molecule has 6 heteroatoms. The standard InChI is InChI=1S/C27H41N3O3/c1-4-5-10-27(30-14-11-26(12-15-30)20-28-13-16-29(26)2)19-23(31)18-22(25(27)32)17-21-6-8-24(33-3)9-7-21/h6-9,22,28H,4-5,10-20H2,1-3H3. The molecule has 0 bridgehead atoms. The van der Waals surface area contributed by atoms with Crippen molar-refractivity contribution in [3.05, 3.63) is 29.8 Å². The molecule has 1 saturated carbocycles. The number of nitrogens with zero attached hydrogens (tertiary/aromatic N) is 2. The minimum absolute atomic E-state index is 0.185. The first-order valence-electron chi connectivity index (χ1n) is 12.8. The number of benzene rings is 1. The van der Waals surface area contributed by atoms with Gasteiger partial charge in [0.05, 0.1) is 12.6 Å². The van der Waals surface area contributed by atoms with Crippen molar-refractivity contribution in [2.45, 2.75) is 69.4 Å². The Bertz CT molecular complexity index is 832. The number of hydrogen-bond donors (Lipinski definition) is 1. The van der Waals surface area contributed by atoms with E-state index in [4.69, 9.17) is 4.74 Å². The molecule has 33 heavy (non-hydrogen) atoms. The van der Waals surface area contributed by atoms with E-state index in [1.807, 2.05) is 24.3 Å². The molecule has 2 saturated heterocycles. The summed E-state index contributed by atoms with van der Waals surface area (Å²) in [4.78, 5) is 32.1. The van der Waals surface area contributed by atoms with Crippen molar-refractivity contribution in [2.24, 2.45) is 5.92 Å². The molecule has 1 N–H and O–H groups in total. The van der Waals surface area contributed by atoms with Crippen molar-refractivity contribution < 1.29 is 14.3 Å². The molecular weight excluding hydrogens is 414 g/mol. The summed E-state index contributed by atoms with van der Waals surface area (Å²) in [7, 11) is 3.90. The van der Waals surface area contributed by atoms with E-state index in [2.05, 4.69) is 29.1 Å². The van der Waals surface area contributed by atoms with Gasteiger partial charge in [-0.1, -0.05) is 31.9 Å². The van der Waals surface area contributed by atoms with Crippen molar-refractivity contribution >= 4 is 11.6 Å². The number of likely N-dealkylation sites (tertiary alicyclic amines) is 1. The molecule has 2 unspecified atom stereocenters. The molecule has 1 spiro atoms. The van der Waals surface area contributed by atoms with Gasteiger partial charge in [-0.2, -0.15) is 0 Å². The third kappa shape index (κ3) is 4.89. The van der Waals surface area contributed by atoms with E-state index >= 15 is 0 Å². The van der Waals surface area contributed by atoms with Crippen LogP contribution >= 0.6 is 0 Å². The van der Waals surface area contributed by atoms with Gasteiger partial charge in [0, 0.05) is 57.0 Å². The molecule has 3 aliphatic rings. The van der Waals surface area contributed by atoms with Gasteiger partial charge in [0.25, 0.3) is 0 Å². The molecule has 1 aliphatic carbocycles. The normalized spacial score (nSPS) is 28.9. The Morgan fingerprint density at radius 1 is 1.12 bits per heavy atom. The van der Waals surface area contributed by atoms with Gasteiger partial charge in [-0.3, -0.25) is 19.4 Å². The number of rotatable bonds is 7. The highest BCUT2D eigenvalue weighted by atomic mass is 16.5. The topological polar surface area (TPSA) is 61.9 Å². The summed E-state index contributed by atoms with van der Waals surface area (Å²) in [5.74, 6) is 1.14. The van der Waals surface area contributed by atoms with Gasteiger partial charge < -0.3 is 10.1 Å². The molecular formula is C27H41N3O3. The summed E-state index contributed by atoms with van der Waals surface area (Å²) < 4.78 is 5.27. The lowest BCUT2D eigenvalue weighted by Gasteiger charge is -2.55. The smallest absolute Gasteiger partial charge is 0.157 e. The molecule has 2 atom stereocenters. The number of methoxy groups -OCH3 is 1. The highest BCUT2D eigenvalue weighted by Gasteiger charge is 2.53. The maximum absolute atomic E-state index is 14.1. The highest BCUT2D eigenvalue weighted by molar-refractivity contribution is 6.01. The van der Waals surface area contributed by atoms with Crippen molar-refractivity contribution in [1.82, 2.24) is 15.1 Å². The van der Waals surface area contributed by atoms with Crippen LogP contribution in [0.4, 0.5) is 0 Å². The van der Waals surface area contributed by atoms with Gasteiger partial charge in [0.1, 0.15) is 11.5 Å². The van der Waals surface area contributed by atoms with Gasteiger partial charge in [-0.15, -0.1) is 0 Å². The molecule has 3 fully saturated rings. The molecule has 1 aromatic carbocycles. The van der Waals surface area contributed by atoms with Crippen LogP contribution in [-0.4, -0.2) is 79.3 Å². The first-order chi connectivity index (χ1) is 15.9. The highest BCUT2D eigenvalue weighted by Crippen LogP contribution is 2.41. The maximum Gasteiger partial charge on any atom is 0.157 e. The van der Waals surface area contributed by atoms with Gasteiger partial charge in [0.2, 0.25) is 0 Å². The number of Topliss-reactive ketones (excluding diaryl/α,β-unsaturated/α-hetero) is 2. The van der Waals surface area contributed by atoms with E-state index in [9.17, 15) is 9.59 Å². The lowest BCUT2D eigenvalue weighted by molar-refractivity contribution is -0.150. The van der Waals surface area contributed by atoms with Gasteiger partial charge in [-0.25, -0.2) is 0 Å². The van der Waals surface area contributed by atoms with Crippen LogP contribution < -0.4 is 10.1 Å². The largest absolute Gasteiger partial charge is 0.497 e. The number of ether oxygens (including phenoxy) is 1. The monoisotopic (exact) mass is 455 g/mol. The minimum Gasteiger partial charge on any atom is -0.497 e. The third-order valence-electron chi connectivity index (χ3n) is 8.57. The molecule has 6 nitrogen and oxygen atoms in total. The summed E-state index contributed by atoms with van der Waals surface area (Å²) in [5, 5.41) is 3.58. The molecule has 182 valence electrons. The van der Waals surface area contributed by atoms with E-state index in [1.54, 1.807) is 7.11 Å². The third-order valence-corrected chi connectivity index (χ3v) is 8.57. The first-order valence-corrected chi connectivity index (χ1v) is 12.8. The summed E-state index contributed by atoms with van der Waals surface area (Å²) in [6.07, 6.45) is 6.33. The Kier molecular flexibility index (Phi) is 7.56. The van der Waals surface area contributed by atoms with Crippen LogP contribution in [0.25, 0.3) is 0 Å². The van der Waals surface area contributed by atoms with E-state index in [0.717, 1.165) is 76.1 Å². The van der Waals surface area contributed by atoms with Crippen LogP contribution in [0.15, 0.2) is 24.3 Å². The van der Waals surface area contributed by atoms with Gasteiger partial charge >= 0.3 is 0 Å². The lowest BCUT2D eigenvalue weighted by atomic mass is 9.67. The predicted molar refractivity (Wildman–Crippen MR) is 131 cm³/mol. The number of hydrogen-bond acceptors (Lipinski definition) is 6. The number of ketones is 2. The Labute approximate surface area is 199 Å². The van der Waals surface area contributed by atoms with Gasteiger partial charge in [-0.05, 0) is 50.4 Å². The number of unbranched alkanes of at least 4 members (excludes halogenated alkanes) is 1. The van der Waals surface area contributed by atoms with Crippen LogP contribution in [0.3, 0.4) is 0 Å². The summed E-state index contributed by atoms with van der Waals surface area (Å²) >= 11 is 0. The Hall–Kier alpha value is -1.76. The van der Waals surface area contributed by atoms with E-state index in [-0.39, 0.29) is 17.2 Å². The molecule has 4 rings (SSSR count). The van der Waals surface area contributed by atoms with Crippen LogP contribution in [-0.2, 0) is 16.0 Å². The molecule has 2 aliphatic heterocycles. The summed E-state index contributed by atoms with van der Waals surface area (Å²) in [6.45, 7) is 7.09. The average molecular weight is 456 g/mol. The number of carbonyl (C=O) groups excluding carboxylic acids is 2. The molecule has 1 aromatic rings. The number of likely N-dealkylation sites (N-methyl/N-ethyl adjacent to an activating group) is 1. The fourth-order valence-electron chi connectivity index (χ4n) is 6.40. The second kappa shape index (κ2) is 10.2. The molecule has 0 radical (unpaired) electrons. The fourth-order valence-corrected chi connectivity index (χ4v) is 6.40. The summed E-state index contributed by atoms with van der Waals surface area (Å²) in [6, 6.07) is 7.92. The Balaban J connectivity index is 1.54. The van der Waals surface area contributed by atoms with Crippen LogP contribution in [0, 0.1) is 5.92 Å². The predicted octanol–water partition coefficient (Wildman–Crippen LogP) is 3.08. The van der Waals surface area contributed by atoms with Crippen molar-refractivity contribution in [3.63, 3.8) is 0 Å². The van der Waals surface area contributed by atoms with Crippen LogP contribution in [0.2, 0.25) is 0 Å². The van der Waals surface area contributed by atoms with Crippen molar-refractivity contribution in [2.75, 3.05) is 46.9 Å². The molecule has 2 heterocycles. The zero-order chi connectivity index (χ0) is 23.5. The van der Waals surface area contributed by atoms with E-state index < -0.39 is 5.54 Å². The second-order valence-electron chi connectivity index (χ2n) is 10.5. The molecule has 0 amide bonds. The summed E-state index contributed by atoms with van der Waals surface area (Å²) in [5.41, 5.74) is 0.663. The number of piperazine rings is 1. The Morgan fingerprint density at radius 3 is 2.48 bits per heavy atom. The fraction of sp³-hybridized carbons (Fsp3) is 0.704.